The molecule has 5 heteroatoms. The molecule has 0 aliphatic carbocycles. The summed E-state index contributed by atoms with van der Waals surface area (Å²) >= 11 is 6.17. The van der Waals surface area contributed by atoms with E-state index in [4.69, 9.17) is 11.6 Å². The van der Waals surface area contributed by atoms with E-state index >= 15 is 0 Å². The molecular weight excluding hydrogens is 274 g/mol. The van der Waals surface area contributed by atoms with Gasteiger partial charge in [-0.05, 0) is 46.1 Å². The molecule has 1 aromatic rings. The van der Waals surface area contributed by atoms with Crippen molar-refractivity contribution in [1.29, 1.82) is 0 Å². The van der Waals surface area contributed by atoms with Crippen molar-refractivity contribution in [3.8, 4) is 0 Å². The van der Waals surface area contributed by atoms with Crippen LogP contribution < -0.4 is 5.32 Å². The van der Waals surface area contributed by atoms with Gasteiger partial charge in [0.05, 0.1) is 10.6 Å². The molecule has 1 aliphatic heterocycles. The summed E-state index contributed by atoms with van der Waals surface area (Å²) in [4.78, 5) is 18.9. The SMILES string of the molecule is CCNc1cc(C(=O)N2[C@H](C)CCC[C@@H]2C)c(Cl)cn1. The van der Waals surface area contributed by atoms with Crippen molar-refractivity contribution in [2.45, 2.75) is 52.1 Å². The fraction of sp³-hybridized carbons (Fsp3) is 0.600. The number of likely N-dealkylation sites (tertiary alicyclic amines) is 1. The Bertz CT molecular complexity index is 482. The quantitative estimate of drug-likeness (QED) is 0.927. The van der Waals surface area contributed by atoms with E-state index < -0.39 is 0 Å². The molecule has 1 aromatic heterocycles. The summed E-state index contributed by atoms with van der Waals surface area (Å²) in [6.07, 6.45) is 4.84. The van der Waals surface area contributed by atoms with Gasteiger partial charge in [0.2, 0.25) is 0 Å². The van der Waals surface area contributed by atoms with Gasteiger partial charge >= 0.3 is 0 Å². The predicted molar refractivity (Wildman–Crippen MR) is 82.4 cm³/mol. The van der Waals surface area contributed by atoms with Crippen molar-refractivity contribution in [3.63, 3.8) is 0 Å². The number of piperidine rings is 1. The normalized spacial score (nSPS) is 22.7. The highest BCUT2D eigenvalue weighted by atomic mass is 35.5. The van der Waals surface area contributed by atoms with Crippen LogP contribution in [-0.4, -0.2) is 34.4 Å². The maximum Gasteiger partial charge on any atom is 0.256 e. The van der Waals surface area contributed by atoms with Crippen LogP contribution in [0.4, 0.5) is 5.82 Å². The van der Waals surface area contributed by atoms with Crippen molar-refractivity contribution in [1.82, 2.24) is 9.88 Å². The van der Waals surface area contributed by atoms with Crippen LogP contribution in [0.3, 0.4) is 0 Å². The third-order valence-corrected chi connectivity index (χ3v) is 4.17. The molecular formula is C15H22ClN3O. The predicted octanol–water partition coefficient (Wildman–Crippen LogP) is 3.57. The summed E-state index contributed by atoms with van der Waals surface area (Å²) in [7, 11) is 0. The highest BCUT2D eigenvalue weighted by molar-refractivity contribution is 6.33. The van der Waals surface area contributed by atoms with Crippen LogP contribution in [-0.2, 0) is 0 Å². The van der Waals surface area contributed by atoms with Gasteiger partial charge in [-0.2, -0.15) is 0 Å². The molecule has 2 atom stereocenters. The van der Waals surface area contributed by atoms with Crippen molar-refractivity contribution in [2.24, 2.45) is 0 Å². The van der Waals surface area contributed by atoms with Gasteiger partial charge < -0.3 is 10.2 Å². The average molecular weight is 296 g/mol. The number of pyridine rings is 1. The number of carbonyl (C=O) groups excluding carboxylic acids is 1. The van der Waals surface area contributed by atoms with E-state index in [2.05, 4.69) is 24.1 Å². The fourth-order valence-corrected chi connectivity index (χ4v) is 3.03. The molecule has 0 bridgehead atoms. The number of halogens is 1. The molecule has 0 radical (unpaired) electrons. The van der Waals surface area contributed by atoms with E-state index in [9.17, 15) is 4.79 Å². The van der Waals surface area contributed by atoms with E-state index in [0.717, 1.165) is 19.4 Å². The van der Waals surface area contributed by atoms with Crippen LogP contribution in [0.2, 0.25) is 5.02 Å². The van der Waals surface area contributed by atoms with Crippen molar-refractivity contribution in [3.05, 3.63) is 22.8 Å². The van der Waals surface area contributed by atoms with E-state index in [1.807, 2.05) is 11.8 Å². The second-order valence-electron chi connectivity index (χ2n) is 5.42. The summed E-state index contributed by atoms with van der Waals surface area (Å²) in [5.41, 5.74) is 0.540. The lowest BCUT2D eigenvalue weighted by molar-refractivity contribution is 0.0511. The minimum Gasteiger partial charge on any atom is -0.370 e. The first-order chi connectivity index (χ1) is 9.54. The molecule has 1 aliphatic rings. The lowest BCUT2D eigenvalue weighted by Gasteiger charge is -2.39. The maximum absolute atomic E-state index is 12.8. The van der Waals surface area contributed by atoms with E-state index in [1.165, 1.54) is 6.42 Å². The Hall–Kier alpha value is -1.29. The Balaban J connectivity index is 2.29. The van der Waals surface area contributed by atoms with Crippen LogP contribution in [0.1, 0.15) is 50.4 Å². The maximum atomic E-state index is 12.8. The monoisotopic (exact) mass is 295 g/mol. The lowest BCUT2D eigenvalue weighted by atomic mass is 9.96. The average Bonchev–Trinajstić information content (AvgIpc) is 2.41. The zero-order valence-electron chi connectivity index (χ0n) is 12.3. The highest BCUT2D eigenvalue weighted by Crippen LogP contribution is 2.27. The lowest BCUT2D eigenvalue weighted by Crippen LogP contribution is -2.47. The largest absolute Gasteiger partial charge is 0.370 e. The molecule has 1 saturated heterocycles. The van der Waals surface area contributed by atoms with Gasteiger partial charge in [0.1, 0.15) is 5.82 Å². The van der Waals surface area contributed by atoms with E-state index in [0.29, 0.717) is 16.4 Å². The first-order valence-electron chi connectivity index (χ1n) is 7.26. The zero-order valence-corrected chi connectivity index (χ0v) is 13.1. The Labute approximate surface area is 125 Å². The third kappa shape index (κ3) is 3.06. The number of nitrogens with zero attached hydrogens (tertiary/aromatic N) is 2. The molecule has 20 heavy (non-hydrogen) atoms. The van der Waals surface area contributed by atoms with Gasteiger partial charge in [0.25, 0.3) is 5.91 Å². The molecule has 4 nitrogen and oxygen atoms in total. The summed E-state index contributed by atoms with van der Waals surface area (Å²) in [5, 5.41) is 3.53. The smallest absolute Gasteiger partial charge is 0.256 e. The number of amides is 1. The van der Waals surface area contributed by atoms with Gasteiger partial charge in [-0.1, -0.05) is 11.6 Å². The molecule has 1 amide bonds. The molecule has 110 valence electrons. The molecule has 2 heterocycles. The van der Waals surface area contributed by atoms with Gasteiger partial charge in [-0.15, -0.1) is 0 Å². The molecule has 1 fully saturated rings. The van der Waals surface area contributed by atoms with Gasteiger partial charge in [-0.3, -0.25) is 4.79 Å². The minimum absolute atomic E-state index is 0.0104. The summed E-state index contributed by atoms with van der Waals surface area (Å²) in [6.45, 7) is 6.97. The van der Waals surface area contributed by atoms with Gasteiger partial charge in [-0.25, -0.2) is 4.98 Å². The van der Waals surface area contributed by atoms with Crippen molar-refractivity contribution in [2.75, 3.05) is 11.9 Å². The molecule has 0 aromatic carbocycles. The number of aromatic nitrogens is 1. The Kier molecular flexibility index (Phi) is 4.86. The van der Waals surface area contributed by atoms with Crippen LogP contribution >= 0.6 is 11.6 Å². The van der Waals surface area contributed by atoms with Crippen LogP contribution in [0.15, 0.2) is 12.3 Å². The second-order valence-corrected chi connectivity index (χ2v) is 5.83. The standard InChI is InChI=1S/C15H22ClN3O/c1-4-17-14-8-12(13(16)9-18-14)15(20)19-10(2)6-5-7-11(19)3/h8-11H,4-7H2,1-3H3,(H,17,18)/t10-,11+. The van der Waals surface area contributed by atoms with Crippen LogP contribution in [0.5, 0.6) is 0 Å². The van der Waals surface area contributed by atoms with E-state index in [-0.39, 0.29) is 18.0 Å². The Morgan fingerprint density at radius 1 is 1.45 bits per heavy atom. The fourth-order valence-electron chi connectivity index (χ4n) is 2.84. The Morgan fingerprint density at radius 2 is 2.10 bits per heavy atom. The molecule has 0 spiro atoms. The van der Waals surface area contributed by atoms with Crippen molar-refractivity contribution < 1.29 is 4.79 Å². The Morgan fingerprint density at radius 3 is 2.70 bits per heavy atom. The van der Waals surface area contributed by atoms with Gasteiger partial charge in [0.15, 0.2) is 0 Å². The zero-order chi connectivity index (χ0) is 14.7. The highest BCUT2D eigenvalue weighted by Gasteiger charge is 2.30. The third-order valence-electron chi connectivity index (χ3n) is 3.87. The minimum atomic E-state index is 0.0104. The van der Waals surface area contributed by atoms with Gasteiger partial charge in [0, 0.05) is 24.8 Å². The number of rotatable bonds is 3. The van der Waals surface area contributed by atoms with Crippen LogP contribution in [0, 0.1) is 0 Å². The number of hydrogen-bond acceptors (Lipinski definition) is 3. The number of carbonyl (C=O) groups is 1. The molecule has 1 N–H and O–H groups in total. The second kappa shape index (κ2) is 6.44. The van der Waals surface area contributed by atoms with Crippen LogP contribution in [0.25, 0.3) is 0 Å². The number of nitrogens with one attached hydrogen (secondary N) is 1. The summed E-state index contributed by atoms with van der Waals surface area (Å²) < 4.78 is 0. The number of anilines is 1. The van der Waals surface area contributed by atoms with Crippen molar-refractivity contribution >= 4 is 23.3 Å². The first-order valence-corrected chi connectivity index (χ1v) is 7.64. The topological polar surface area (TPSA) is 45.2 Å². The molecule has 2 rings (SSSR count). The molecule has 0 unspecified atom stereocenters. The first kappa shape index (κ1) is 15.1. The van der Waals surface area contributed by atoms with E-state index in [1.54, 1.807) is 12.3 Å². The number of hydrogen-bond donors (Lipinski definition) is 1. The summed E-state index contributed by atoms with van der Waals surface area (Å²) in [6, 6.07) is 2.28. The summed E-state index contributed by atoms with van der Waals surface area (Å²) in [5.74, 6) is 0.703. The molecule has 0 saturated carbocycles.